The summed E-state index contributed by atoms with van der Waals surface area (Å²) in [6, 6.07) is 0.859. The number of nitrogens with zero attached hydrogens (tertiary/aromatic N) is 2. The summed E-state index contributed by atoms with van der Waals surface area (Å²) in [4.78, 5) is 16.3. The number of pyridine rings is 1. The molecule has 0 atom stereocenters. The van der Waals surface area contributed by atoms with E-state index in [0.717, 1.165) is 31.5 Å². The maximum atomic E-state index is 13.1. The van der Waals surface area contributed by atoms with Crippen LogP contribution in [0.5, 0.6) is 0 Å². The van der Waals surface area contributed by atoms with E-state index in [1.807, 2.05) is 13.8 Å². The quantitative estimate of drug-likeness (QED) is 0.709. The first-order chi connectivity index (χ1) is 11.7. The fourth-order valence-electron chi connectivity index (χ4n) is 2.83. The van der Waals surface area contributed by atoms with Gasteiger partial charge in [0.2, 0.25) is 0 Å². The molecule has 0 bridgehead atoms. The lowest BCUT2D eigenvalue weighted by molar-refractivity contribution is -0.153. The molecule has 0 N–H and O–H groups in total. The normalized spacial score (nSPS) is 15.6. The first-order valence-corrected chi connectivity index (χ1v) is 8.50. The van der Waals surface area contributed by atoms with Gasteiger partial charge in [0.05, 0.1) is 27.9 Å². The van der Waals surface area contributed by atoms with E-state index in [1.54, 1.807) is 0 Å². The Morgan fingerprint density at radius 2 is 2.12 bits per heavy atom. The third-order valence-corrected chi connectivity index (χ3v) is 4.75. The number of rotatable bonds is 4. The molecule has 0 radical (unpaired) electrons. The van der Waals surface area contributed by atoms with Crippen molar-refractivity contribution in [3.05, 3.63) is 34.2 Å². The van der Waals surface area contributed by atoms with Gasteiger partial charge < -0.3 is 4.74 Å². The van der Waals surface area contributed by atoms with Crippen molar-refractivity contribution >= 4 is 23.2 Å². The van der Waals surface area contributed by atoms with Gasteiger partial charge >= 0.3 is 12.1 Å². The van der Waals surface area contributed by atoms with Crippen molar-refractivity contribution in [3.8, 4) is 0 Å². The number of ether oxygens (including phenoxy) is 1. The fraction of sp³-hybridized carbons (Fsp3) is 0.529. The summed E-state index contributed by atoms with van der Waals surface area (Å²) in [5.41, 5.74) is 0.352. The molecular weight excluding hydrogens is 357 g/mol. The van der Waals surface area contributed by atoms with Gasteiger partial charge in [0, 0.05) is 6.20 Å². The van der Waals surface area contributed by atoms with Crippen molar-refractivity contribution in [3.63, 3.8) is 0 Å². The van der Waals surface area contributed by atoms with E-state index in [-0.39, 0.29) is 35.1 Å². The summed E-state index contributed by atoms with van der Waals surface area (Å²) < 4.78 is 45.9. The van der Waals surface area contributed by atoms with Gasteiger partial charge in [-0.05, 0) is 24.8 Å². The molecule has 25 heavy (non-hydrogen) atoms. The zero-order valence-corrected chi connectivity index (χ0v) is 14.6. The molecule has 3 rings (SSSR count). The second-order valence-corrected chi connectivity index (χ2v) is 7.01. The van der Waals surface area contributed by atoms with E-state index in [4.69, 9.17) is 16.3 Å². The first-order valence-electron chi connectivity index (χ1n) is 8.12. The molecular formula is C17H18ClF3N2O2. The van der Waals surface area contributed by atoms with E-state index in [2.05, 4.69) is 4.98 Å². The summed E-state index contributed by atoms with van der Waals surface area (Å²) in [6.07, 6.45) is -0.982. The van der Waals surface area contributed by atoms with Gasteiger partial charge in [0.15, 0.2) is 5.65 Å². The van der Waals surface area contributed by atoms with E-state index in [0.29, 0.717) is 11.4 Å². The van der Waals surface area contributed by atoms with E-state index >= 15 is 0 Å². The molecule has 0 spiro atoms. The molecule has 1 aliphatic carbocycles. The van der Waals surface area contributed by atoms with Crippen LogP contribution in [0.1, 0.15) is 56.0 Å². The molecule has 1 saturated carbocycles. The number of carbonyl (C=O) groups is 1. The molecule has 136 valence electrons. The van der Waals surface area contributed by atoms with Crippen molar-refractivity contribution in [2.45, 2.75) is 51.8 Å². The van der Waals surface area contributed by atoms with Gasteiger partial charge in [0.1, 0.15) is 6.61 Å². The average Bonchev–Trinajstić information content (AvgIpc) is 2.81. The van der Waals surface area contributed by atoms with Crippen molar-refractivity contribution in [2.75, 3.05) is 0 Å². The van der Waals surface area contributed by atoms with Crippen molar-refractivity contribution in [2.24, 2.45) is 5.92 Å². The van der Waals surface area contributed by atoms with Gasteiger partial charge in [-0.15, -0.1) is 0 Å². The third-order valence-electron chi connectivity index (χ3n) is 4.47. The van der Waals surface area contributed by atoms with Crippen molar-refractivity contribution in [1.82, 2.24) is 9.38 Å². The lowest BCUT2D eigenvalue weighted by Crippen LogP contribution is -2.24. The van der Waals surface area contributed by atoms with E-state index in [1.165, 1.54) is 4.40 Å². The van der Waals surface area contributed by atoms with Crippen LogP contribution in [0.15, 0.2) is 12.3 Å². The Morgan fingerprint density at radius 3 is 2.64 bits per heavy atom. The Morgan fingerprint density at radius 1 is 1.44 bits per heavy atom. The summed E-state index contributed by atoms with van der Waals surface area (Å²) in [5, 5.41) is -0.0895. The van der Waals surface area contributed by atoms with Crippen LogP contribution in [-0.2, 0) is 22.3 Å². The smallest absolute Gasteiger partial charge is 0.417 e. The number of carbonyl (C=O) groups excluding carboxylic acids is 1. The van der Waals surface area contributed by atoms with Crippen LogP contribution in [0.4, 0.5) is 13.2 Å². The minimum Gasteiger partial charge on any atom is -0.459 e. The number of fused-ring (bicyclic) bond motifs is 1. The predicted molar refractivity (Wildman–Crippen MR) is 86.4 cm³/mol. The Bertz CT molecular complexity index is 810. The van der Waals surface area contributed by atoms with E-state index < -0.39 is 11.7 Å². The molecule has 1 aliphatic rings. The lowest BCUT2D eigenvalue weighted by Gasteiger charge is -2.23. The number of hydrogen-bond donors (Lipinski definition) is 0. The van der Waals surface area contributed by atoms with Gasteiger partial charge in [-0.3, -0.25) is 9.20 Å². The molecule has 0 saturated heterocycles. The second kappa shape index (κ2) is 6.52. The Kier molecular flexibility index (Phi) is 4.70. The molecule has 0 aromatic carbocycles. The average molecular weight is 375 g/mol. The number of aromatic nitrogens is 2. The predicted octanol–water partition coefficient (Wildman–Crippen LogP) is 4.97. The molecule has 2 aromatic rings. The van der Waals surface area contributed by atoms with Crippen LogP contribution in [0, 0.1) is 5.92 Å². The molecule has 0 amide bonds. The third kappa shape index (κ3) is 3.47. The molecule has 8 heteroatoms. The molecule has 1 fully saturated rings. The highest BCUT2D eigenvalue weighted by atomic mass is 35.5. The summed E-state index contributed by atoms with van der Waals surface area (Å²) in [5.74, 6) is -0.465. The topological polar surface area (TPSA) is 43.6 Å². The van der Waals surface area contributed by atoms with Crippen LogP contribution in [0.2, 0.25) is 5.02 Å². The van der Waals surface area contributed by atoms with Crippen LogP contribution >= 0.6 is 11.6 Å². The Labute approximate surface area is 147 Å². The first kappa shape index (κ1) is 18.0. The highest BCUT2D eigenvalue weighted by molar-refractivity contribution is 6.33. The van der Waals surface area contributed by atoms with Crippen molar-refractivity contribution in [1.29, 1.82) is 0 Å². The lowest BCUT2D eigenvalue weighted by atomic mass is 9.86. The maximum absolute atomic E-state index is 13.1. The van der Waals surface area contributed by atoms with Gasteiger partial charge in [-0.25, -0.2) is 4.98 Å². The van der Waals surface area contributed by atoms with Gasteiger partial charge in [0.25, 0.3) is 0 Å². The summed E-state index contributed by atoms with van der Waals surface area (Å²) in [7, 11) is 0. The van der Waals surface area contributed by atoms with Crippen LogP contribution in [0.25, 0.3) is 5.65 Å². The molecule has 0 unspecified atom stereocenters. The number of esters is 1. The Balaban J connectivity index is 2.02. The standard InChI is InChI=1S/C17H18ClF3N2O2/c1-9(2)14-13(8-25-16(24)10-4-3-5-10)23-7-11(17(19,20)21)6-12(18)15(23)22-14/h6-7,9-10H,3-5,8H2,1-2H3. The SMILES string of the molecule is CC(C)c1nc2c(Cl)cc(C(F)(F)F)cn2c1COC(=O)C1CCC1. The summed E-state index contributed by atoms with van der Waals surface area (Å²) >= 11 is 6.01. The molecule has 0 aliphatic heterocycles. The van der Waals surface area contributed by atoms with Gasteiger partial charge in [-0.1, -0.05) is 31.9 Å². The summed E-state index contributed by atoms with van der Waals surface area (Å²) in [6.45, 7) is 3.62. The minimum absolute atomic E-state index is 0.0530. The fourth-order valence-corrected chi connectivity index (χ4v) is 3.08. The number of halogens is 4. The highest BCUT2D eigenvalue weighted by Gasteiger charge is 2.33. The maximum Gasteiger partial charge on any atom is 0.417 e. The van der Waals surface area contributed by atoms with E-state index in [9.17, 15) is 18.0 Å². The van der Waals surface area contributed by atoms with Crippen LogP contribution in [0.3, 0.4) is 0 Å². The van der Waals surface area contributed by atoms with Gasteiger partial charge in [-0.2, -0.15) is 13.2 Å². The van der Waals surface area contributed by atoms with Crippen molar-refractivity contribution < 1.29 is 22.7 Å². The zero-order chi connectivity index (χ0) is 18.4. The number of hydrogen-bond acceptors (Lipinski definition) is 3. The molecule has 2 heterocycles. The second-order valence-electron chi connectivity index (χ2n) is 6.60. The molecule has 2 aromatic heterocycles. The monoisotopic (exact) mass is 374 g/mol. The largest absolute Gasteiger partial charge is 0.459 e. The minimum atomic E-state index is -4.53. The zero-order valence-electron chi connectivity index (χ0n) is 13.9. The molecule has 4 nitrogen and oxygen atoms in total. The van der Waals surface area contributed by atoms with Crippen LogP contribution < -0.4 is 0 Å². The number of imidazole rings is 1. The number of alkyl halides is 3. The Hall–Kier alpha value is -1.76. The highest BCUT2D eigenvalue weighted by Crippen LogP contribution is 2.34. The van der Waals surface area contributed by atoms with Crippen LogP contribution in [-0.4, -0.2) is 15.4 Å².